The van der Waals surface area contributed by atoms with Crippen molar-refractivity contribution in [3.63, 3.8) is 0 Å². The number of ether oxygens (including phenoxy) is 1. The van der Waals surface area contributed by atoms with E-state index in [2.05, 4.69) is 15.5 Å². The average molecular weight is 392 g/mol. The Kier molecular flexibility index (Phi) is 4.62. The fourth-order valence-electron chi connectivity index (χ4n) is 3.52. The lowest BCUT2D eigenvalue weighted by molar-refractivity contribution is -0.137. The van der Waals surface area contributed by atoms with E-state index in [0.29, 0.717) is 23.3 Å². The first-order chi connectivity index (χ1) is 13.3. The number of amides is 1. The molecule has 0 saturated carbocycles. The number of aryl methyl sites for hydroxylation is 1. The summed E-state index contributed by atoms with van der Waals surface area (Å²) in [5.74, 6) is 0.141. The molecule has 28 heavy (non-hydrogen) atoms. The number of hydrogen-bond acceptors (Lipinski definition) is 3. The number of nitrogens with zero attached hydrogens (tertiary/aromatic N) is 2. The van der Waals surface area contributed by atoms with E-state index in [1.165, 1.54) is 12.1 Å². The van der Waals surface area contributed by atoms with Gasteiger partial charge in [0.15, 0.2) is 5.82 Å². The van der Waals surface area contributed by atoms with Crippen molar-refractivity contribution in [3.05, 3.63) is 47.3 Å². The van der Waals surface area contributed by atoms with E-state index >= 15 is 0 Å². The van der Waals surface area contributed by atoms with Gasteiger partial charge in [-0.05, 0) is 37.1 Å². The summed E-state index contributed by atoms with van der Waals surface area (Å²) >= 11 is 0. The van der Waals surface area contributed by atoms with E-state index in [9.17, 15) is 18.0 Å². The van der Waals surface area contributed by atoms with Gasteiger partial charge in [-0.25, -0.2) is 0 Å². The van der Waals surface area contributed by atoms with Crippen molar-refractivity contribution in [3.8, 4) is 0 Å². The van der Waals surface area contributed by atoms with Crippen molar-refractivity contribution in [2.45, 2.75) is 24.9 Å². The maximum absolute atomic E-state index is 12.9. The van der Waals surface area contributed by atoms with Gasteiger partial charge in [0, 0.05) is 42.2 Å². The molecule has 0 bridgehead atoms. The second-order valence-corrected chi connectivity index (χ2v) is 6.94. The SMILES string of the molecule is Cn1c(C(=O)Nc2cc(C3CCCOC3)[nH]n2)cc2cc(C(F)(F)F)ccc21. The van der Waals surface area contributed by atoms with Gasteiger partial charge in [0.2, 0.25) is 0 Å². The second-order valence-electron chi connectivity index (χ2n) is 6.94. The Morgan fingerprint density at radius 2 is 2.14 bits per heavy atom. The van der Waals surface area contributed by atoms with Gasteiger partial charge in [0.25, 0.3) is 5.91 Å². The lowest BCUT2D eigenvalue weighted by atomic mass is 9.99. The molecule has 1 unspecified atom stereocenters. The van der Waals surface area contributed by atoms with Gasteiger partial charge < -0.3 is 14.6 Å². The third kappa shape index (κ3) is 3.49. The van der Waals surface area contributed by atoms with Gasteiger partial charge in [-0.1, -0.05) is 0 Å². The van der Waals surface area contributed by atoms with E-state index in [0.717, 1.165) is 37.3 Å². The number of fused-ring (bicyclic) bond motifs is 1. The van der Waals surface area contributed by atoms with Crippen LogP contribution in [0.4, 0.5) is 19.0 Å². The van der Waals surface area contributed by atoms with Crippen molar-refractivity contribution in [1.29, 1.82) is 0 Å². The molecule has 3 aromatic rings. The predicted octanol–water partition coefficient (Wildman–Crippen LogP) is 4.07. The molecule has 1 atom stereocenters. The Hall–Kier alpha value is -2.81. The summed E-state index contributed by atoms with van der Waals surface area (Å²) in [5.41, 5.74) is 0.936. The summed E-state index contributed by atoms with van der Waals surface area (Å²) in [4.78, 5) is 12.6. The lowest BCUT2D eigenvalue weighted by Crippen LogP contribution is -2.16. The van der Waals surface area contributed by atoms with Crippen LogP contribution in [0, 0.1) is 0 Å². The minimum absolute atomic E-state index is 0.213. The molecule has 0 spiro atoms. The van der Waals surface area contributed by atoms with Crippen LogP contribution in [0.15, 0.2) is 30.3 Å². The van der Waals surface area contributed by atoms with Crippen molar-refractivity contribution >= 4 is 22.6 Å². The van der Waals surface area contributed by atoms with E-state index in [1.807, 2.05) is 0 Å². The Balaban J connectivity index is 1.55. The minimum Gasteiger partial charge on any atom is -0.381 e. The number of carbonyl (C=O) groups excluding carboxylic acids is 1. The standard InChI is InChI=1S/C19H19F3N4O2/c1-26-15-5-4-13(19(20,21)22)7-12(15)8-16(26)18(27)23-17-9-14(24-25-17)11-3-2-6-28-10-11/h4-5,7-9,11H,2-3,6,10H2,1H3,(H2,23,24,25,27). The predicted molar refractivity (Wildman–Crippen MR) is 97.3 cm³/mol. The van der Waals surface area contributed by atoms with Crippen LogP contribution >= 0.6 is 0 Å². The van der Waals surface area contributed by atoms with E-state index in [1.54, 1.807) is 17.7 Å². The van der Waals surface area contributed by atoms with Crippen molar-refractivity contribution in [1.82, 2.24) is 14.8 Å². The summed E-state index contributed by atoms with van der Waals surface area (Å²) in [6.07, 6.45) is -2.47. The number of aromatic amines is 1. The molecule has 1 aromatic carbocycles. The normalized spacial score (nSPS) is 17.8. The zero-order valence-corrected chi connectivity index (χ0v) is 15.1. The molecular formula is C19H19F3N4O2. The van der Waals surface area contributed by atoms with E-state index in [-0.39, 0.29) is 11.6 Å². The van der Waals surface area contributed by atoms with Gasteiger partial charge in [-0.3, -0.25) is 9.89 Å². The number of anilines is 1. The van der Waals surface area contributed by atoms with Crippen molar-refractivity contribution in [2.75, 3.05) is 18.5 Å². The van der Waals surface area contributed by atoms with Crippen LogP contribution in [0.5, 0.6) is 0 Å². The Labute approximate surface area is 158 Å². The number of halogens is 3. The zero-order valence-electron chi connectivity index (χ0n) is 15.1. The topological polar surface area (TPSA) is 71.9 Å². The third-order valence-electron chi connectivity index (χ3n) is 5.04. The highest BCUT2D eigenvalue weighted by Crippen LogP contribution is 2.32. The van der Waals surface area contributed by atoms with Crippen LogP contribution in [-0.2, 0) is 18.0 Å². The summed E-state index contributed by atoms with van der Waals surface area (Å²) < 4.78 is 45.8. The molecule has 0 aliphatic carbocycles. The minimum atomic E-state index is -4.43. The van der Waals surface area contributed by atoms with Gasteiger partial charge in [0.1, 0.15) is 5.69 Å². The molecular weight excluding hydrogens is 373 g/mol. The Bertz CT molecular complexity index is 1020. The maximum Gasteiger partial charge on any atom is 0.416 e. The smallest absolute Gasteiger partial charge is 0.381 e. The quantitative estimate of drug-likeness (QED) is 0.706. The fourth-order valence-corrected chi connectivity index (χ4v) is 3.52. The summed E-state index contributed by atoms with van der Waals surface area (Å²) in [5, 5.41) is 10.1. The van der Waals surface area contributed by atoms with Crippen LogP contribution < -0.4 is 5.32 Å². The third-order valence-corrected chi connectivity index (χ3v) is 5.04. The average Bonchev–Trinajstić information content (AvgIpc) is 3.26. The van der Waals surface area contributed by atoms with E-state index < -0.39 is 17.6 Å². The van der Waals surface area contributed by atoms with Crippen LogP contribution in [0.2, 0.25) is 0 Å². The van der Waals surface area contributed by atoms with Crippen molar-refractivity contribution < 1.29 is 22.7 Å². The van der Waals surface area contributed by atoms with Gasteiger partial charge in [-0.15, -0.1) is 0 Å². The molecule has 1 fully saturated rings. The summed E-state index contributed by atoms with van der Waals surface area (Å²) in [6.45, 7) is 1.37. The molecule has 2 aromatic heterocycles. The monoisotopic (exact) mass is 392 g/mol. The molecule has 2 N–H and O–H groups in total. The largest absolute Gasteiger partial charge is 0.416 e. The first kappa shape index (κ1) is 18.5. The molecule has 9 heteroatoms. The number of H-pyrrole nitrogens is 1. The van der Waals surface area contributed by atoms with E-state index in [4.69, 9.17) is 4.74 Å². The molecule has 0 radical (unpaired) electrons. The van der Waals surface area contributed by atoms with Crippen molar-refractivity contribution in [2.24, 2.45) is 7.05 Å². The highest BCUT2D eigenvalue weighted by molar-refractivity contribution is 6.06. The number of aromatic nitrogens is 3. The molecule has 1 aliphatic heterocycles. The molecule has 1 amide bonds. The summed E-state index contributed by atoms with van der Waals surface area (Å²) in [7, 11) is 1.64. The first-order valence-corrected chi connectivity index (χ1v) is 8.94. The molecule has 148 valence electrons. The molecule has 1 aliphatic rings. The van der Waals surface area contributed by atoms with Crippen LogP contribution in [0.1, 0.15) is 40.5 Å². The van der Waals surface area contributed by atoms with Crippen LogP contribution in [0.3, 0.4) is 0 Å². The first-order valence-electron chi connectivity index (χ1n) is 8.94. The summed E-state index contributed by atoms with van der Waals surface area (Å²) in [6, 6.07) is 6.63. The number of carbonyl (C=O) groups is 1. The highest BCUT2D eigenvalue weighted by Gasteiger charge is 2.31. The number of hydrogen-bond donors (Lipinski definition) is 2. The molecule has 3 heterocycles. The highest BCUT2D eigenvalue weighted by atomic mass is 19.4. The molecule has 4 rings (SSSR count). The number of benzene rings is 1. The number of nitrogens with one attached hydrogen (secondary N) is 2. The number of alkyl halides is 3. The van der Waals surface area contributed by atoms with Gasteiger partial charge in [-0.2, -0.15) is 18.3 Å². The molecule has 6 nitrogen and oxygen atoms in total. The Morgan fingerprint density at radius 3 is 2.86 bits per heavy atom. The zero-order chi connectivity index (χ0) is 19.9. The lowest BCUT2D eigenvalue weighted by Gasteiger charge is -2.20. The van der Waals surface area contributed by atoms with Gasteiger partial charge >= 0.3 is 6.18 Å². The Morgan fingerprint density at radius 1 is 1.32 bits per heavy atom. The fraction of sp³-hybridized carbons (Fsp3) is 0.368. The van der Waals surface area contributed by atoms with Crippen LogP contribution in [-0.4, -0.2) is 33.9 Å². The molecule has 1 saturated heterocycles. The maximum atomic E-state index is 12.9. The van der Waals surface area contributed by atoms with Gasteiger partial charge in [0.05, 0.1) is 12.2 Å². The van der Waals surface area contributed by atoms with Crippen LogP contribution in [0.25, 0.3) is 10.9 Å². The second kappa shape index (κ2) is 6.97. The number of rotatable bonds is 3.